The molecule has 1 aromatic heterocycles. The minimum Gasteiger partial charge on any atom is -0.381 e. The molecule has 1 amide bonds. The van der Waals surface area contributed by atoms with Crippen molar-refractivity contribution in [3.63, 3.8) is 0 Å². The van der Waals surface area contributed by atoms with E-state index in [9.17, 15) is 4.79 Å². The number of hydrogen-bond donors (Lipinski definition) is 3. The second-order valence-corrected chi connectivity index (χ2v) is 4.32. The average Bonchev–Trinajstić information content (AvgIpc) is 2.41. The number of amides is 1. The van der Waals surface area contributed by atoms with Crippen LogP contribution in [-0.2, 0) is 4.74 Å². The third-order valence-electron chi connectivity index (χ3n) is 2.30. The van der Waals surface area contributed by atoms with E-state index in [0.29, 0.717) is 24.5 Å². The normalized spacial score (nSPS) is 10.3. The van der Waals surface area contributed by atoms with Gasteiger partial charge in [-0.2, -0.15) is 0 Å². The van der Waals surface area contributed by atoms with Crippen LogP contribution in [0.1, 0.15) is 30.1 Å². The first-order valence-electron chi connectivity index (χ1n) is 6.17. The summed E-state index contributed by atoms with van der Waals surface area (Å²) < 4.78 is 5.32. The van der Waals surface area contributed by atoms with Gasteiger partial charge >= 0.3 is 0 Å². The van der Waals surface area contributed by atoms with Crippen LogP contribution in [0, 0.1) is 0 Å². The summed E-state index contributed by atoms with van der Waals surface area (Å²) in [6, 6.07) is 3.03. The lowest BCUT2D eigenvalue weighted by Crippen LogP contribution is -2.25. The number of halogens is 1. The van der Waals surface area contributed by atoms with Crippen molar-refractivity contribution < 1.29 is 9.53 Å². The van der Waals surface area contributed by atoms with Crippen molar-refractivity contribution in [1.29, 1.82) is 0 Å². The lowest BCUT2D eigenvalue weighted by molar-refractivity contribution is 0.0941. The molecule has 0 bridgehead atoms. The summed E-state index contributed by atoms with van der Waals surface area (Å²) in [4.78, 5) is 15.7. The number of nitrogens with zero attached hydrogens (tertiary/aromatic N) is 1. The fraction of sp³-hybridized carbons (Fsp3) is 0.500. The summed E-state index contributed by atoms with van der Waals surface area (Å²) in [7, 11) is 0. The molecule has 19 heavy (non-hydrogen) atoms. The highest BCUT2D eigenvalue weighted by Gasteiger charge is 2.08. The van der Waals surface area contributed by atoms with Crippen molar-refractivity contribution in [2.45, 2.75) is 19.8 Å². The molecule has 0 aliphatic carbocycles. The van der Waals surface area contributed by atoms with Crippen LogP contribution in [0.15, 0.2) is 12.1 Å². The topological polar surface area (TPSA) is 89.3 Å². The predicted molar refractivity (Wildman–Crippen MR) is 75.1 cm³/mol. The van der Waals surface area contributed by atoms with Crippen LogP contribution in [-0.4, -0.2) is 30.6 Å². The van der Waals surface area contributed by atoms with Gasteiger partial charge < -0.3 is 15.5 Å². The molecular weight excluding hydrogens is 268 g/mol. The Morgan fingerprint density at radius 2 is 2.26 bits per heavy atom. The van der Waals surface area contributed by atoms with Crippen LogP contribution in [0.25, 0.3) is 0 Å². The Morgan fingerprint density at radius 3 is 2.95 bits per heavy atom. The maximum Gasteiger partial charge on any atom is 0.251 e. The van der Waals surface area contributed by atoms with Crippen LogP contribution in [0.3, 0.4) is 0 Å². The van der Waals surface area contributed by atoms with Crippen LogP contribution in [0.2, 0.25) is 5.15 Å². The quantitative estimate of drug-likeness (QED) is 0.292. The SMILES string of the molecule is CCCOCCCNC(=O)c1cc(Cl)nc(NN)c1. The van der Waals surface area contributed by atoms with Gasteiger partial charge in [-0.25, -0.2) is 10.8 Å². The fourth-order valence-electron chi connectivity index (χ4n) is 1.43. The predicted octanol–water partition coefficient (Wildman–Crippen LogP) is 1.57. The van der Waals surface area contributed by atoms with Gasteiger partial charge in [-0.3, -0.25) is 4.79 Å². The number of carbonyl (C=O) groups excluding carboxylic acids is 1. The number of hydrogen-bond acceptors (Lipinski definition) is 5. The molecule has 0 unspecified atom stereocenters. The smallest absolute Gasteiger partial charge is 0.251 e. The first kappa shape index (κ1) is 15.7. The first-order valence-corrected chi connectivity index (χ1v) is 6.55. The molecule has 1 rings (SSSR count). The molecule has 0 atom stereocenters. The summed E-state index contributed by atoms with van der Waals surface area (Å²) >= 11 is 5.78. The van der Waals surface area contributed by atoms with Gasteiger partial charge in [-0.15, -0.1) is 0 Å². The Morgan fingerprint density at radius 1 is 1.47 bits per heavy atom. The third-order valence-corrected chi connectivity index (χ3v) is 2.50. The molecular formula is C12H19ClN4O2. The number of carbonyl (C=O) groups is 1. The van der Waals surface area contributed by atoms with Gasteiger partial charge in [-0.05, 0) is 25.0 Å². The van der Waals surface area contributed by atoms with Crippen LogP contribution >= 0.6 is 11.6 Å². The molecule has 0 saturated carbocycles. The van der Waals surface area contributed by atoms with E-state index in [0.717, 1.165) is 19.4 Å². The van der Waals surface area contributed by atoms with Crippen molar-refractivity contribution in [2.75, 3.05) is 25.2 Å². The van der Waals surface area contributed by atoms with Crippen molar-refractivity contribution in [1.82, 2.24) is 10.3 Å². The molecule has 4 N–H and O–H groups in total. The van der Waals surface area contributed by atoms with Crippen molar-refractivity contribution in [3.05, 3.63) is 22.8 Å². The van der Waals surface area contributed by atoms with E-state index in [1.807, 2.05) is 0 Å². The molecule has 106 valence electrons. The van der Waals surface area contributed by atoms with E-state index in [-0.39, 0.29) is 11.1 Å². The number of pyridine rings is 1. The minimum absolute atomic E-state index is 0.212. The zero-order valence-corrected chi connectivity index (χ0v) is 11.7. The average molecular weight is 287 g/mol. The van der Waals surface area contributed by atoms with Gasteiger partial charge in [0, 0.05) is 25.3 Å². The van der Waals surface area contributed by atoms with Gasteiger partial charge in [-0.1, -0.05) is 18.5 Å². The molecule has 0 fully saturated rings. The maximum atomic E-state index is 11.8. The van der Waals surface area contributed by atoms with Crippen LogP contribution in [0.5, 0.6) is 0 Å². The molecule has 0 aliphatic rings. The maximum absolute atomic E-state index is 11.8. The van der Waals surface area contributed by atoms with Crippen molar-refractivity contribution in [2.24, 2.45) is 5.84 Å². The summed E-state index contributed by atoms with van der Waals surface area (Å²) in [5, 5.41) is 3.00. The number of nitrogen functional groups attached to an aromatic ring is 1. The van der Waals surface area contributed by atoms with E-state index in [1.54, 1.807) is 0 Å². The van der Waals surface area contributed by atoms with Crippen molar-refractivity contribution >= 4 is 23.3 Å². The molecule has 0 spiro atoms. The van der Waals surface area contributed by atoms with Gasteiger partial charge in [0.15, 0.2) is 0 Å². The number of ether oxygens (including phenoxy) is 1. The van der Waals surface area contributed by atoms with E-state index in [4.69, 9.17) is 22.2 Å². The highest BCUT2D eigenvalue weighted by molar-refractivity contribution is 6.29. The fourth-order valence-corrected chi connectivity index (χ4v) is 1.64. The Balaban J connectivity index is 2.39. The summed E-state index contributed by atoms with van der Waals surface area (Å²) in [6.07, 6.45) is 1.77. The van der Waals surface area contributed by atoms with Crippen molar-refractivity contribution in [3.8, 4) is 0 Å². The van der Waals surface area contributed by atoms with E-state index in [1.165, 1.54) is 12.1 Å². The van der Waals surface area contributed by atoms with Crippen LogP contribution < -0.4 is 16.6 Å². The second kappa shape index (κ2) is 8.68. The molecule has 6 nitrogen and oxygen atoms in total. The number of hydrazine groups is 1. The molecule has 1 aromatic rings. The number of anilines is 1. The lowest BCUT2D eigenvalue weighted by atomic mass is 10.2. The molecule has 0 radical (unpaired) electrons. The van der Waals surface area contributed by atoms with E-state index in [2.05, 4.69) is 22.7 Å². The monoisotopic (exact) mass is 286 g/mol. The van der Waals surface area contributed by atoms with E-state index >= 15 is 0 Å². The molecule has 0 saturated heterocycles. The highest BCUT2D eigenvalue weighted by atomic mass is 35.5. The van der Waals surface area contributed by atoms with Gasteiger partial charge in [0.05, 0.1) is 0 Å². The standard InChI is InChI=1S/C12H19ClN4O2/c1-2-5-19-6-3-4-15-12(18)9-7-10(13)16-11(8-9)17-14/h7-8H,2-6,14H2,1H3,(H,15,18)(H,16,17). The molecule has 1 heterocycles. The zero-order valence-electron chi connectivity index (χ0n) is 10.9. The molecule has 0 aliphatic heterocycles. The Kier molecular flexibility index (Phi) is 7.17. The second-order valence-electron chi connectivity index (χ2n) is 3.93. The highest BCUT2D eigenvalue weighted by Crippen LogP contribution is 2.13. The lowest BCUT2D eigenvalue weighted by Gasteiger charge is -2.07. The van der Waals surface area contributed by atoms with Gasteiger partial charge in [0.1, 0.15) is 11.0 Å². The zero-order chi connectivity index (χ0) is 14.1. The summed E-state index contributed by atoms with van der Waals surface area (Å²) in [6.45, 7) is 3.99. The first-order chi connectivity index (χ1) is 9.17. The number of nitrogens with two attached hydrogens (primary N) is 1. The van der Waals surface area contributed by atoms with Gasteiger partial charge in [0.2, 0.25) is 0 Å². The summed E-state index contributed by atoms with van der Waals surface area (Å²) in [5.41, 5.74) is 2.78. The molecule has 7 heteroatoms. The van der Waals surface area contributed by atoms with E-state index < -0.39 is 0 Å². The Labute approximate surface area is 117 Å². The Bertz CT molecular complexity index is 415. The Hall–Kier alpha value is -1.37. The largest absolute Gasteiger partial charge is 0.381 e. The van der Waals surface area contributed by atoms with Gasteiger partial charge in [0.25, 0.3) is 5.91 Å². The third kappa shape index (κ3) is 5.87. The molecule has 0 aromatic carbocycles. The minimum atomic E-state index is -0.212. The number of rotatable bonds is 8. The number of aromatic nitrogens is 1. The summed E-state index contributed by atoms with van der Waals surface area (Å²) in [5.74, 6) is 5.38. The number of nitrogens with one attached hydrogen (secondary N) is 2. The van der Waals surface area contributed by atoms with Crippen LogP contribution in [0.4, 0.5) is 5.82 Å².